The Morgan fingerprint density at radius 1 is 1.27 bits per heavy atom. The first kappa shape index (κ1) is 17.2. The zero-order valence-corrected chi connectivity index (χ0v) is 13.5. The van der Waals surface area contributed by atoms with Crippen molar-refractivity contribution in [3.63, 3.8) is 0 Å². The molecular weight excluding hydrogens is 278 g/mol. The molecule has 2 saturated heterocycles. The van der Waals surface area contributed by atoms with Crippen LogP contribution in [0.4, 0.5) is 0 Å². The molecule has 0 saturated carbocycles. The fourth-order valence-electron chi connectivity index (χ4n) is 3.66. The third-order valence-corrected chi connectivity index (χ3v) is 4.98. The van der Waals surface area contributed by atoms with Gasteiger partial charge in [0.25, 0.3) is 0 Å². The van der Waals surface area contributed by atoms with E-state index in [0.717, 1.165) is 45.2 Å². The Morgan fingerprint density at radius 3 is 2.82 bits per heavy atom. The van der Waals surface area contributed by atoms with Gasteiger partial charge in [0, 0.05) is 13.2 Å². The van der Waals surface area contributed by atoms with Crippen LogP contribution in [0.3, 0.4) is 0 Å². The fraction of sp³-hybridized carbons (Fsp3) is 0.882. The van der Waals surface area contributed by atoms with Crippen LogP contribution in [0.2, 0.25) is 0 Å². The molecule has 0 bridgehead atoms. The van der Waals surface area contributed by atoms with Crippen molar-refractivity contribution in [2.75, 3.05) is 19.7 Å². The van der Waals surface area contributed by atoms with Gasteiger partial charge in [0.2, 0.25) is 5.91 Å². The van der Waals surface area contributed by atoms with E-state index in [1.54, 1.807) is 4.90 Å². The molecule has 0 aromatic heterocycles. The Kier molecular flexibility index (Phi) is 7.14. The van der Waals surface area contributed by atoms with Gasteiger partial charge in [-0.05, 0) is 44.6 Å². The van der Waals surface area contributed by atoms with E-state index >= 15 is 0 Å². The molecule has 124 valence electrons. The lowest BCUT2D eigenvalue weighted by Crippen LogP contribution is -2.45. The monoisotopic (exact) mass is 307 g/mol. The second kappa shape index (κ2) is 9.12. The largest absolute Gasteiger partial charge is 0.396 e. The van der Waals surface area contributed by atoms with E-state index < -0.39 is 0 Å². The van der Waals surface area contributed by atoms with E-state index in [9.17, 15) is 4.79 Å². The van der Waals surface area contributed by atoms with Gasteiger partial charge in [0.05, 0.1) is 12.1 Å². The van der Waals surface area contributed by atoms with Crippen molar-refractivity contribution >= 4 is 5.91 Å². The van der Waals surface area contributed by atoms with Crippen molar-refractivity contribution in [2.24, 2.45) is 5.92 Å². The molecule has 2 aliphatic heterocycles. The van der Waals surface area contributed by atoms with E-state index in [1.165, 1.54) is 25.7 Å². The van der Waals surface area contributed by atoms with Crippen LogP contribution in [0.15, 0.2) is 0 Å². The van der Waals surface area contributed by atoms with Gasteiger partial charge in [-0.25, -0.2) is 0 Å². The summed E-state index contributed by atoms with van der Waals surface area (Å²) in [7, 11) is 0. The molecule has 5 heteroatoms. The summed E-state index contributed by atoms with van der Waals surface area (Å²) < 4.78 is 0. The number of hydrogen-bond donors (Lipinski definition) is 2. The topological polar surface area (TPSA) is 76.4 Å². The Labute approximate surface area is 133 Å². The van der Waals surface area contributed by atoms with Gasteiger partial charge in [-0.15, -0.1) is 0 Å². The van der Waals surface area contributed by atoms with Crippen LogP contribution in [-0.2, 0) is 4.79 Å². The van der Waals surface area contributed by atoms with E-state index in [-0.39, 0.29) is 18.0 Å². The lowest BCUT2D eigenvalue weighted by Gasteiger charge is -2.23. The highest BCUT2D eigenvalue weighted by molar-refractivity contribution is 5.83. The molecule has 0 aromatic rings. The van der Waals surface area contributed by atoms with Crippen molar-refractivity contribution < 1.29 is 9.90 Å². The normalized spacial score (nSPS) is 28.0. The highest BCUT2D eigenvalue weighted by atomic mass is 16.2. The fourth-order valence-corrected chi connectivity index (χ4v) is 3.66. The molecule has 0 radical (unpaired) electrons. The number of amides is 1. The third-order valence-electron chi connectivity index (χ3n) is 4.98. The second-order valence-corrected chi connectivity index (χ2v) is 6.66. The maximum absolute atomic E-state index is 12.5. The number of nitrogens with one attached hydrogen (secondary N) is 1. The number of carbonyl (C=O) groups is 1. The minimum atomic E-state index is -0.208. The predicted octanol–water partition coefficient (Wildman–Crippen LogP) is 1.81. The summed E-state index contributed by atoms with van der Waals surface area (Å²) in [5.74, 6) is 0.726. The molecule has 2 N–H and O–H groups in total. The Morgan fingerprint density at radius 2 is 2.05 bits per heavy atom. The highest BCUT2D eigenvalue weighted by Gasteiger charge is 2.36. The van der Waals surface area contributed by atoms with E-state index in [2.05, 4.69) is 11.4 Å². The molecule has 2 aliphatic rings. The summed E-state index contributed by atoms with van der Waals surface area (Å²) in [6.45, 7) is 1.97. The van der Waals surface area contributed by atoms with Crippen LogP contribution < -0.4 is 5.32 Å². The molecule has 22 heavy (non-hydrogen) atoms. The van der Waals surface area contributed by atoms with Gasteiger partial charge >= 0.3 is 0 Å². The number of nitrogens with zero attached hydrogens (tertiary/aromatic N) is 2. The summed E-state index contributed by atoms with van der Waals surface area (Å²) in [6, 6.07) is 1.96. The lowest BCUT2D eigenvalue weighted by atomic mass is 9.97. The van der Waals surface area contributed by atoms with Crippen LogP contribution in [0.1, 0.15) is 57.8 Å². The summed E-state index contributed by atoms with van der Waals surface area (Å²) >= 11 is 0. The van der Waals surface area contributed by atoms with Gasteiger partial charge in [-0.1, -0.05) is 25.7 Å². The molecule has 0 spiro atoms. The first-order chi connectivity index (χ1) is 10.8. The number of likely N-dealkylation sites (tertiary alicyclic amines) is 1. The van der Waals surface area contributed by atoms with E-state index in [4.69, 9.17) is 10.4 Å². The van der Waals surface area contributed by atoms with E-state index in [0.29, 0.717) is 12.5 Å². The van der Waals surface area contributed by atoms with Gasteiger partial charge in [0.15, 0.2) is 0 Å². The number of aliphatic hydroxyl groups excluding tert-OH is 1. The standard InChI is InChI=1S/C17H29N3O2/c18-12-15-8-6-9-20(15)17(22)16-11-14(13-19-16)7-4-2-1-3-5-10-21/h14-16,19,21H,1-11,13H2/t14-,15-,16-/m0/s1. The third kappa shape index (κ3) is 4.69. The van der Waals surface area contributed by atoms with Crippen LogP contribution in [-0.4, -0.2) is 47.7 Å². The first-order valence-electron chi connectivity index (χ1n) is 8.80. The summed E-state index contributed by atoms with van der Waals surface area (Å²) in [5, 5.41) is 21.2. The van der Waals surface area contributed by atoms with Gasteiger partial charge in [-0.3, -0.25) is 4.79 Å². The molecular formula is C17H29N3O2. The van der Waals surface area contributed by atoms with Crippen molar-refractivity contribution in [1.82, 2.24) is 10.2 Å². The summed E-state index contributed by atoms with van der Waals surface area (Å²) in [6.07, 6.45) is 9.53. The SMILES string of the molecule is N#C[C@@H]1CCCN1C(=O)[C@@H]1C[C@H](CCCCCCCO)CN1. The molecule has 1 amide bonds. The molecule has 0 aliphatic carbocycles. The number of aliphatic hydroxyl groups is 1. The quantitative estimate of drug-likeness (QED) is 0.671. The second-order valence-electron chi connectivity index (χ2n) is 6.66. The van der Waals surface area contributed by atoms with Crippen molar-refractivity contribution in [3.05, 3.63) is 0 Å². The minimum Gasteiger partial charge on any atom is -0.396 e. The molecule has 2 rings (SSSR count). The Balaban J connectivity index is 1.65. The minimum absolute atomic E-state index is 0.0756. The molecule has 2 heterocycles. The summed E-state index contributed by atoms with van der Waals surface area (Å²) in [5.41, 5.74) is 0. The van der Waals surface area contributed by atoms with Crippen molar-refractivity contribution in [2.45, 2.75) is 69.9 Å². The zero-order chi connectivity index (χ0) is 15.8. The number of carbonyl (C=O) groups excluding carboxylic acids is 1. The average molecular weight is 307 g/mol. The maximum Gasteiger partial charge on any atom is 0.240 e. The predicted molar refractivity (Wildman–Crippen MR) is 85.0 cm³/mol. The van der Waals surface area contributed by atoms with Gasteiger partial charge in [-0.2, -0.15) is 5.26 Å². The Hall–Kier alpha value is -1.12. The van der Waals surface area contributed by atoms with Crippen LogP contribution in [0.25, 0.3) is 0 Å². The molecule has 5 nitrogen and oxygen atoms in total. The molecule has 3 atom stereocenters. The highest BCUT2D eigenvalue weighted by Crippen LogP contribution is 2.25. The number of nitriles is 1. The number of hydrogen-bond acceptors (Lipinski definition) is 4. The number of unbranched alkanes of at least 4 members (excludes halogenated alkanes) is 4. The molecule has 0 unspecified atom stereocenters. The van der Waals surface area contributed by atoms with Crippen LogP contribution in [0.5, 0.6) is 0 Å². The Bertz CT molecular complexity index is 394. The number of rotatable bonds is 8. The van der Waals surface area contributed by atoms with E-state index in [1.807, 2.05) is 0 Å². The maximum atomic E-state index is 12.5. The summed E-state index contributed by atoms with van der Waals surface area (Å²) in [4.78, 5) is 14.3. The smallest absolute Gasteiger partial charge is 0.240 e. The van der Waals surface area contributed by atoms with Gasteiger partial charge in [0.1, 0.15) is 6.04 Å². The van der Waals surface area contributed by atoms with Gasteiger partial charge < -0.3 is 15.3 Å². The zero-order valence-electron chi connectivity index (χ0n) is 13.5. The van der Waals surface area contributed by atoms with Crippen molar-refractivity contribution in [1.29, 1.82) is 5.26 Å². The molecule has 0 aromatic carbocycles. The van der Waals surface area contributed by atoms with Crippen LogP contribution in [0, 0.1) is 17.2 Å². The first-order valence-corrected chi connectivity index (χ1v) is 8.80. The molecule has 2 fully saturated rings. The average Bonchev–Trinajstić information content (AvgIpc) is 3.18. The lowest BCUT2D eigenvalue weighted by molar-refractivity contribution is -0.133. The van der Waals surface area contributed by atoms with Crippen LogP contribution >= 0.6 is 0 Å². The van der Waals surface area contributed by atoms with Crippen molar-refractivity contribution in [3.8, 4) is 6.07 Å².